The molecule has 0 aliphatic heterocycles. The molecule has 0 aliphatic rings. The van der Waals surface area contributed by atoms with E-state index in [2.05, 4.69) is 66.7 Å². The lowest BCUT2D eigenvalue weighted by Crippen LogP contribution is -2.09. The van der Waals surface area contributed by atoms with Gasteiger partial charge in [-0.1, -0.05) is 73.9 Å². The van der Waals surface area contributed by atoms with E-state index in [1.807, 2.05) is 0 Å². The van der Waals surface area contributed by atoms with Crippen LogP contribution in [0.25, 0.3) is 32.3 Å². The van der Waals surface area contributed by atoms with E-state index >= 15 is 0 Å². The van der Waals surface area contributed by atoms with Gasteiger partial charge in [-0.2, -0.15) is 0 Å². The molecular weight excluding hydrogens is 468 g/mol. The van der Waals surface area contributed by atoms with E-state index in [-0.39, 0.29) is 17.5 Å². The minimum atomic E-state index is 0.132. The molecular formula is C35H40O3. The van der Waals surface area contributed by atoms with Crippen molar-refractivity contribution in [2.75, 3.05) is 0 Å². The van der Waals surface area contributed by atoms with Crippen LogP contribution in [0.2, 0.25) is 0 Å². The summed E-state index contributed by atoms with van der Waals surface area (Å²) >= 11 is 0. The number of unbranched alkanes of at least 4 members (excludes halogenated alkanes) is 4. The fourth-order valence-corrected chi connectivity index (χ4v) is 5.73. The molecule has 0 amide bonds. The van der Waals surface area contributed by atoms with E-state index in [4.69, 9.17) is 0 Å². The van der Waals surface area contributed by atoms with Crippen LogP contribution in [0.15, 0.2) is 66.7 Å². The van der Waals surface area contributed by atoms with Gasteiger partial charge in [-0.25, -0.2) is 0 Å². The summed E-state index contributed by atoms with van der Waals surface area (Å²) in [4.78, 5) is 35.8. The third kappa shape index (κ3) is 7.37. The number of Topliss-reactive ketones (excluding diaryl/α,β-unsaturated/α-hetero) is 3. The highest BCUT2D eigenvalue weighted by Crippen LogP contribution is 2.38. The number of carbonyl (C=O) groups is 3. The molecule has 0 aliphatic carbocycles. The summed E-state index contributed by atoms with van der Waals surface area (Å²) in [6.07, 6.45) is 8.89. The van der Waals surface area contributed by atoms with Crippen LogP contribution >= 0.6 is 0 Å². The molecule has 4 rings (SSSR count). The maximum atomic E-state index is 13.2. The Balaban J connectivity index is 1.60. The molecule has 0 saturated carbocycles. The second kappa shape index (κ2) is 13.5. The summed E-state index contributed by atoms with van der Waals surface area (Å²) in [5.74, 6) is 0.915. The van der Waals surface area contributed by atoms with Crippen molar-refractivity contribution < 1.29 is 14.4 Å². The molecule has 0 heterocycles. The molecule has 198 valence electrons. The van der Waals surface area contributed by atoms with Crippen LogP contribution in [-0.2, 0) is 14.4 Å². The van der Waals surface area contributed by atoms with Crippen molar-refractivity contribution in [3.63, 3.8) is 0 Å². The van der Waals surface area contributed by atoms with Gasteiger partial charge in [0.05, 0.1) is 0 Å². The summed E-state index contributed by atoms with van der Waals surface area (Å²) in [5.41, 5.74) is 1.25. The fourth-order valence-electron chi connectivity index (χ4n) is 5.73. The summed E-state index contributed by atoms with van der Waals surface area (Å²) in [5, 5.41) is 7.37. The largest absolute Gasteiger partial charge is 0.300 e. The fraction of sp³-hybridized carbons (Fsp3) is 0.400. The lowest BCUT2D eigenvalue weighted by Gasteiger charge is -2.20. The first-order valence-electron chi connectivity index (χ1n) is 14.3. The molecule has 4 aromatic carbocycles. The highest BCUT2D eigenvalue weighted by molar-refractivity contribution is 6.13. The molecule has 0 aromatic heterocycles. The van der Waals surface area contributed by atoms with E-state index in [1.54, 1.807) is 13.8 Å². The van der Waals surface area contributed by atoms with Gasteiger partial charge >= 0.3 is 0 Å². The van der Waals surface area contributed by atoms with Crippen molar-refractivity contribution in [2.45, 2.75) is 90.4 Å². The Labute approximate surface area is 226 Å². The lowest BCUT2D eigenvalue weighted by molar-refractivity contribution is -0.120. The third-order valence-corrected chi connectivity index (χ3v) is 7.74. The summed E-state index contributed by atoms with van der Waals surface area (Å²) in [6, 6.07) is 23.9. The number of hydrogen-bond acceptors (Lipinski definition) is 3. The molecule has 3 heteroatoms. The van der Waals surface area contributed by atoms with Crippen molar-refractivity contribution in [1.82, 2.24) is 0 Å². The Hall–Kier alpha value is -3.33. The first kappa shape index (κ1) is 27.7. The van der Waals surface area contributed by atoms with Crippen LogP contribution in [0.4, 0.5) is 0 Å². The third-order valence-electron chi connectivity index (χ3n) is 7.74. The first-order chi connectivity index (χ1) is 18.4. The SMILES string of the molecule is CC(=O)CCCCCCC(=O)CC(CCCCC(C)=O)c1cccc2ccc3cc4ccccc4cc3c12. The number of ketones is 3. The van der Waals surface area contributed by atoms with Crippen molar-refractivity contribution in [3.05, 3.63) is 72.3 Å². The van der Waals surface area contributed by atoms with Gasteiger partial charge in [-0.15, -0.1) is 0 Å². The van der Waals surface area contributed by atoms with E-state index in [0.717, 1.165) is 44.9 Å². The Bertz CT molecular complexity index is 1430. The molecule has 0 N–H and O–H groups in total. The number of hydrogen-bond donors (Lipinski definition) is 0. The maximum Gasteiger partial charge on any atom is 0.133 e. The molecule has 0 saturated heterocycles. The molecule has 0 fully saturated rings. The van der Waals surface area contributed by atoms with Crippen molar-refractivity contribution in [3.8, 4) is 0 Å². The predicted molar refractivity (Wildman–Crippen MR) is 159 cm³/mol. The van der Waals surface area contributed by atoms with Gasteiger partial charge in [0.15, 0.2) is 0 Å². The zero-order valence-corrected chi connectivity index (χ0v) is 22.9. The van der Waals surface area contributed by atoms with E-state index in [9.17, 15) is 14.4 Å². The van der Waals surface area contributed by atoms with E-state index < -0.39 is 0 Å². The number of benzene rings is 4. The van der Waals surface area contributed by atoms with Crippen LogP contribution < -0.4 is 0 Å². The average Bonchev–Trinajstić information content (AvgIpc) is 2.90. The Kier molecular flexibility index (Phi) is 9.81. The van der Waals surface area contributed by atoms with Crippen LogP contribution in [0.3, 0.4) is 0 Å². The molecule has 0 bridgehead atoms. The number of fused-ring (bicyclic) bond motifs is 4. The minimum Gasteiger partial charge on any atom is -0.300 e. The van der Waals surface area contributed by atoms with Gasteiger partial charge in [-0.05, 0) is 95.5 Å². The van der Waals surface area contributed by atoms with Crippen molar-refractivity contribution in [2.24, 2.45) is 0 Å². The normalized spacial score (nSPS) is 12.3. The van der Waals surface area contributed by atoms with Gasteiger partial charge in [0.2, 0.25) is 0 Å². The Morgan fingerprint density at radius 1 is 0.605 bits per heavy atom. The van der Waals surface area contributed by atoms with Crippen LogP contribution in [0.5, 0.6) is 0 Å². The monoisotopic (exact) mass is 508 g/mol. The van der Waals surface area contributed by atoms with Crippen LogP contribution in [0.1, 0.15) is 96.0 Å². The van der Waals surface area contributed by atoms with Gasteiger partial charge in [0, 0.05) is 25.7 Å². The molecule has 3 nitrogen and oxygen atoms in total. The molecule has 1 unspecified atom stereocenters. The lowest BCUT2D eigenvalue weighted by atomic mass is 9.83. The maximum absolute atomic E-state index is 13.2. The van der Waals surface area contributed by atoms with Gasteiger partial charge in [0.1, 0.15) is 17.3 Å². The molecule has 4 aromatic rings. The molecule has 0 radical (unpaired) electrons. The second-order valence-electron chi connectivity index (χ2n) is 10.9. The molecule has 38 heavy (non-hydrogen) atoms. The van der Waals surface area contributed by atoms with Crippen molar-refractivity contribution >= 4 is 49.7 Å². The smallest absolute Gasteiger partial charge is 0.133 e. The van der Waals surface area contributed by atoms with E-state index in [1.165, 1.54) is 37.9 Å². The van der Waals surface area contributed by atoms with Crippen molar-refractivity contribution in [1.29, 1.82) is 0 Å². The van der Waals surface area contributed by atoms with E-state index in [0.29, 0.717) is 31.5 Å². The Morgan fingerprint density at radius 2 is 1.21 bits per heavy atom. The molecule has 1 atom stereocenters. The van der Waals surface area contributed by atoms with Gasteiger partial charge in [0.25, 0.3) is 0 Å². The van der Waals surface area contributed by atoms with Crippen LogP contribution in [0, 0.1) is 0 Å². The van der Waals surface area contributed by atoms with Gasteiger partial charge < -0.3 is 9.59 Å². The summed E-state index contributed by atoms with van der Waals surface area (Å²) in [7, 11) is 0. The average molecular weight is 509 g/mol. The second-order valence-corrected chi connectivity index (χ2v) is 10.9. The van der Waals surface area contributed by atoms with Gasteiger partial charge in [-0.3, -0.25) is 4.79 Å². The quantitative estimate of drug-likeness (QED) is 0.0913. The van der Waals surface area contributed by atoms with Crippen LogP contribution in [-0.4, -0.2) is 17.3 Å². The molecule has 0 spiro atoms. The highest BCUT2D eigenvalue weighted by Gasteiger charge is 2.20. The first-order valence-corrected chi connectivity index (χ1v) is 14.3. The zero-order valence-electron chi connectivity index (χ0n) is 22.9. The standard InChI is InChI=1S/C35H40O3/c1-25(36)12-5-3-4-6-18-32(38)23-30(16-8-7-13-26(2)37)33-19-11-17-27-20-21-31-22-28-14-9-10-15-29(28)24-34(31)35(27)33/h9-11,14-15,17,19-22,24,30H,3-8,12-13,16,18,23H2,1-2H3. The minimum absolute atomic E-state index is 0.132. The topological polar surface area (TPSA) is 51.2 Å². The predicted octanol–water partition coefficient (Wildman–Crippen LogP) is 9.27. The Morgan fingerprint density at radius 3 is 1.92 bits per heavy atom. The summed E-state index contributed by atoms with van der Waals surface area (Å²) < 4.78 is 0. The zero-order chi connectivity index (χ0) is 26.9. The summed E-state index contributed by atoms with van der Waals surface area (Å²) in [6.45, 7) is 3.29. The number of rotatable bonds is 15. The highest BCUT2D eigenvalue weighted by atomic mass is 16.1. The number of carbonyl (C=O) groups excluding carboxylic acids is 3.